The molecular formula is C10H27NO. The summed E-state index contributed by atoms with van der Waals surface area (Å²) in [5.41, 5.74) is 4.91. The van der Waals surface area contributed by atoms with Gasteiger partial charge >= 0.3 is 0 Å². The molecule has 0 saturated carbocycles. The Morgan fingerprint density at radius 3 is 1.58 bits per heavy atom. The minimum atomic E-state index is -0.206. The van der Waals surface area contributed by atoms with E-state index < -0.39 is 0 Å². The van der Waals surface area contributed by atoms with E-state index in [9.17, 15) is 4.79 Å². The van der Waals surface area contributed by atoms with Gasteiger partial charge in [0.2, 0.25) is 5.91 Å². The first kappa shape index (κ1) is 17.5. The van der Waals surface area contributed by atoms with Gasteiger partial charge in [0.1, 0.15) is 0 Å². The van der Waals surface area contributed by atoms with Crippen LogP contribution in [0.4, 0.5) is 0 Å². The summed E-state index contributed by atoms with van der Waals surface area (Å²) in [6, 6.07) is 0. The van der Waals surface area contributed by atoms with Crippen molar-refractivity contribution < 1.29 is 6.22 Å². The maximum atomic E-state index is 10.2. The lowest BCUT2D eigenvalue weighted by atomic mass is 10.1. The van der Waals surface area contributed by atoms with E-state index in [1.807, 2.05) is 27.7 Å². The molecule has 2 heteroatoms. The largest absolute Gasteiger partial charge is 0.369 e. The standard InChI is InChI=1S/C5H11NO.C3H8.C2H6.H2/c1-3-4(2)5(6)7;1-3-2;1-2;/h4H,3H2,1-2H3,(H2,6,7);3H2,1-2H3;1-2H3;1H/t4-;;;/m1.../s1. The van der Waals surface area contributed by atoms with Gasteiger partial charge in [0.15, 0.2) is 0 Å². The van der Waals surface area contributed by atoms with Crippen LogP contribution in [0, 0.1) is 5.92 Å². The number of nitrogens with two attached hydrogens (primary N) is 1. The van der Waals surface area contributed by atoms with Crippen LogP contribution in [0.3, 0.4) is 0 Å². The fourth-order valence-corrected chi connectivity index (χ4v) is 0.201. The molecule has 0 aromatic carbocycles. The molecule has 0 aromatic heterocycles. The lowest BCUT2D eigenvalue weighted by molar-refractivity contribution is -0.121. The van der Waals surface area contributed by atoms with Crippen molar-refractivity contribution in [1.29, 1.82) is 0 Å². The Hall–Kier alpha value is -0.530. The number of rotatable bonds is 2. The number of carbonyl (C=O) groups is 1. The Balaban J connectivity index is -0.0000000581. The molecule has 0 aromatic rings. The second kappa shape index (κ2) is 16.8. The summed E-state index contributed by atoms with van der Waals surface area (Å²) in [6.45, 7) is 12.0. The van der Waals surface area contributed by atoms with Crippen molar-refractivity contribution in [1.82, 2.24) is 0 Å². The first-order valence-electron chi connectivity index (χ1n) is 4.89. The molecule has 0 rings (SSSR count). The highest BCUT2D eigenvalue weighted by Gasteiger charge is 2.02. The van der Waals surface area contributed by atoms with E-state index in [2.05, 4.69) is 13.8 Å². The molecule has 1 atom stereocenters. The van der Waals surface area contributed by atoms with Crippen LogP contribution in [0.2, 0.25) is 0 Å². The van der Waals surface area contributed by atoms with Crippen molar-refractivity contribution in [2.75, 3.05) is 0 Å². The SMILES string of the molecule is CC.CCC.CC[C@@H](C)C(N)=O.[HH]. The maximum absolute atomic E-state index is 10.2. The van der Waals surface area contributed by atoms with Crippen LogP contribution in [-0.4, -0.2) is 5.91 Å². The molecule has 2 nitrogen and oxygen atoms in total. The van der Waals surface area contributed by atoms with E-state index in [0.717, 1.165) is 6.42 Å². The average molecular weight is 177 g/mol. The van der Waals surface area contributed by atoms with Crippen molar-refractivity contribution in [3.8, 4) is 0 Å². The molecule has 78 valence electrons. The lowest BCUT2D eigenvalue weighted by Gasteiger charge is -1.98. The smallest absolute Gasteiger partial charge is 0.220 e. The number of amides is 1. The fourth-order valence-electron chi connectivity index (χ4n) is 0.201. The topological polar surface area (TPSA) is 43.1 Å². The highest BCUT2D eigenvalue weighted by molar-refractivity contribution is 5.76. The van der Waals surface area contributed by atoms with Crippen LogP contribution in [-0.2, 0) is 4.79 Å². The molecule has 0 spiro atoms. The molecular weight excluding hydrogens is 150 g/mol. The Labute approximate surface area is 79.0 Å². The maximum Gasteiger partial charge on any atom is 0.220 e. The van der Waals surface area contributed by atoms with Gasteiger partial charge in [0, 0.05) is 7.34 Å². The summed E-state index contributed by atoms with van der Waals surface area (Å²) in [4.78, 5) is 10.2. The first-order chi connectivity index (χ1) is 5.59. The van der Waals surface area contributed by atoms with Gasteiger partial charge in [-0.15, -0.1) is 0 Å². The summed E-state index contributed by atoms with van der Waals surface area (Å²) < 4.78 is 0. The minimum absolute atomic E-state index is 0. The Morgan fingerprint density at radius 2 is 1.58 bits per heavy atom. The van der Waals surface area contributed by atoms with Gasteiger partial charge in [0.05, 0.1) is 0 Å². The second-order valence-corrected chi connectivity index (χ2v) is 2.42. The number of primary amides is 1. The van der Waals surface area contributed by atoms with Crippen molar-refractivity contribution >= 4 is 5.91 Å². The third kappa shape index (κ3) is 22.7. The van der Waals surface area contributed by atoms with E-state index in [1.165, 1.54) is 6.42 Å². The normalized spacial score (nSPS) is 9.83. The molecule has 0 bridgehead atoms. The Bertz CT molecular complexity index is 87.0. The van der Waals surface area contributed by atoms with Crippen LogP contribution in [0.5, 0.6) is 0 Å². The number of carbonyl (C=O) groups excluding carboxylic acids is 1. The van der Waals surface area contributed by atoms with Gasteiger partial charge in [-0.25, -0.2) is 0 Å². The van der Waals surface area contributed by atoms with Gasteiger partial charge in [-0.3, -0.25) is 4.79 Å². The molecule has 0 heterocycles. The Kier molecular flexibility index (Phi) is 24.6. The molecule has 12 heavy (non-hydrogen) atoms. The van der Waals surface area contributed by atoms with Crippen molar-refractivity contribution in [3.05, 3.63) is 0 Å². The molecule has 0 fully saturated rings. The molecule has 0 aliphatic heterocycles. The summed E-state index contributed by atoms with van der Waals surface area (Å²) >= 11 is 0. The molecule has 1 amide bonds. The van der Waals surface area contributed by atoms with Crippen LogP contribution in [0.1, 0.15) is 55.8 Å². The summed E-state index contributed by atoms with van der Waals surface area (Å²) in [5, 5.41) is 0. The molecule has 0 aliphatic carbocycles. The van der Waals surface area contributed by atoms with Crippen LogP contribution < -0.4 is 5.73 Å². The number of hydrogen-bond acceptors (Lipinski definition) is 1. The second-order valence-electron chi connectivity index (χ2n) is 2.42. The minimum Gasteiger partial charge on any atom is -0.369 e. The molecule has 0 radical (unpaired) electrons. The summed E-state index contributed by atoms with van der Waals surface area (Å²) in [5.74, 6) is -0.164. The molecule has 0 saturated heterocycles. The van der Waals surface area contributed by atoms with Crippen molar-refractivity contribution in [2.24, 2.45) is 11.7 Å². The van der Waals surface area contributed by atoms with Gasteiger partial charge in [0.25, 0.3) is 0 Å². The van der Waals surface area contributed by atoms with Gasteiger partial charge in [-0.2, -0.15) is 0 Å². The zero-order chi connectivity index (χ0) is 10.6. The predicted molar refractivity (Wildman–Crippen MR) is 58.1 cm³/mol. The van der Waals surface area contributed by atoms with Crippen LogP contribution in [0.15, 0.2) is 0 Å². The third-order valence-corrected chi connectivity index (χ3v) is 1.10. The highest BCUT2D eigenvalue weighted by atomic mass is 16.1. The Morgan fingerprint density at radius 1 is 1.33 bits per heavy atom. The van der Waals surface area contributed by atoms with Crippen LogP contribution >= 0.6 is 0 Å². The van der Waals surface area contributed by atoms with E-state index in [0.29, 0.717) is 0 Å². The summed E-state index contributed by atoms with van der Waals surface area (Å²) in [6.07, 6.45) is 2.09. The highest BCUT2D eigenvalue weighted by Crippen LogP contribution is 1.96. The summed E-state index contributed by atoms with van der Waals surface area (Å²) in [7, 11) is 0. The monoisotopic (exact) mass is 177 g/mol. The third-order valence-electron chi connectivity index (χ3n) is 1.10. The first-order valence-corrected chi connectivity index (χ1v) is 4.89. The zero-order valence-corrected chi connectivity index (χ0v) is 9.48. The van der Waals surface area contributed by atoms with Gasteiger partial charge in [-0.05, 0) is 6.42 Å². The van der Waals surface area contributed by atoms with E-state index in [1.54, 1.807) is 0 Å². The van der Waals surface area contributed by atoms with Crippen molar-refractivity contribution in [3.63, 3.8) is 0 Å². The number of hydrogen-bond donors (Lipinski definition) is 1. The average Bonchev–Trinajstić information content (AvgIpc) is 2.08. The fraction of sp³-hybridized carbons (Fsp3) is 0.900. The van der Waals surface area contributed by atoms with E-state index in [4.69, 9.17) is 5.73 Å². The zero-order valence-electron chi connectivity index (χ0n) is 9.48. The molecule has 0 unspecified atom stereocenters. The quantitative estimate of drug-likeness (QED) is 0.691. The van der Waals surface area contributed by atoms with Crippen LogP contribution in [0.25, 0.3) is 0 Å². The van der Waals surface area contributed by atoms with E-state index in [-0.39, 0.29) is 13.3 Å². The van der Waals surface area contributed by atoms with Crippen molar-refractivity contribution in [2.45, 2.75) is 54.4 Å². The predicted octanol–water partition coefficient (Wildman–Crippen LogP) is 3.21. The molecule has 2 N–H and O–H groups in total. The van der Waals surface area contributed by atoms with Gasteiger partial charge in [-0.1, -0.05) is 48.0 Å². The lowest BCUT2D eigenvalue weighted by Crippen LogP contribution is -2.19. The molecule has 0 aliphatic rings. The van der Waals surface area contributed by atoms with Gasteiger partial charge < -0.3 is 5.73 Å². The van der Waals surface area contributed by atoms with E-state index >= 15 is 0 Å².